The van der Waals surface area contributed by atoms with Crippen molar-refractivity contribution >= 4 is 16.0 Å². The average Bonchev–Trinajstić information content (AvgIpc) is 2.36. The Morgan fingerprint density at radius 3 is 2.68 bits per heavy atom. The number of halogens is 1. The van der Waals surface area contributed by atoms with Crippen molar-refractivity contribution < 1.29 is 27.4 Å². The zero-order valence-corrected chi connectivity index (χ0v) is 11.2. The fourth-order valence-corrected chi connectivity index (χ4v) is 2.45. The normalized spacial score (nSPS) is 13.2. The molecule has 8 heteroatoms. The summed E-state index contributed by atoms with van der Waals surface area (Å²) in [6.45, 7) is 1.59. The van der Waals surface area contributed by atoms with Gasteiger partial charge in [-0.15, -0.1) is 0 Å². The van der Waals surface area contributed by atoms with E-state index in [0.29, 0.717) is 0 Å². The molecule has 6 nitrogen and oxygen atoms in total. The van der Waals surface area contributed by atoms with E-state index in [-0.39, 0.29) is 18.2 Å². The SMILES string of the molecule is COC(C)CNS(=O)(=O)c1cc(C(=O)O)ccc1F. The van der Waals surface area contributed by atoms with Crippen LogP contribution in [-0.4, -0.2) is 39.3 Å². The Bertz CT molecular complexity index is 572. The van der Waals surface area contributed by atoms with E-state index < -0.39 is 26.7 Å². The number of ether oxygens (including phenoxy) is 1. The fraction of sp³-hybridized carbons (Fsp3) is 0.364. The second kappa shape index (κ2) is 6.09. The van der Waals surface area contributed by atoms with Gasteiger partial charge in [-0.25, -0.2) is 22.3 Å². The summed E-state index contributed by atoms with van der Waals surface area (Å²) in [5.41, 5.74) is -0.304. The molecule has 0 bridgehead atoms. The third-order valence-electron chi connectivity index (χ3n) is 2.43. The van der Waals surface area contributed by atoms with Crippen LogP contribution in [0.2, 0.25) is 0 Å². The number of carbonyl (C=O) groups is 1. The molecule has 1 aromatic carbocycles. The molecule has 2 N–H and O–H groups in total. The van der Waals surface area contributed by atoms with E-state index in [1.807, 2.05) is 0 Å². The van der Waals surface area contributed by atoms with Crippen molar-refractivity contribution in [2.75, 3.05) is 13.7 Å². The number of aromatic carboxylic acids is 1. The molecule has 0 aliphatic heterocycles. The molecule has 0 spiro atoms. The third-order valence-corrected chi connectivity index (χ3v) is 3.87. The number of nitrogens with one attached hydrogen (secondary N) is 1. The van der Waals surface area contributed by atoms with Gasteiger partial charge in [0.25, 0.3) is 0 Å². The summed E-state index contributed by atoms with van der Waals surface area (Å²) in [4.78, 5) is 10.0. The predicted octanol–water partition coefficient (Wildman–Crippen LogP) is 0.837. The van der Waals surface area contributed by atoms with Crippen LogP contribution in [0.1, 0.15) is 17.3 Å². The summed E-state index contributed by atoms with van der Waals surface area (Å²) in [6, 6.07) is 2.57. The Labute approximate surface area is 110 Å². The van der Waals surface area contributed by atoms with Crippen LogP contribution in [0.15, 0.2) is 23.1 Å². The van der Waals surface area contributed by atoms with Crippen molar-refractivity contribution in [3.63, 3.8) is 0 Å². The molecule has 19 heavy (non-hydrogen) atoms. The van der Waals surface area contributed by atoms with E-state index in [1.165, 1.54) is 7.11 Å². The van der Waals surface area contributed by atoms with Crippen LogP contribution >= 0.6 is 0 Å². The molecule has 1 atom stereocenters. The standard InChI is InChI=1S/C11H14FNO5S/c1-7(18-2)6-13-19(16,17)10-5-8(11(14)15)3-4-9(10)12/h3-5,7,13H,6H2,1-2H3,(H,14,15). The van der Waals surface area contributed by atoms with Gasteiger partial charge in [0, 0.05) is 13.7 Å². The van der Waals surface area contributed by atoms with Crippen LogP contribution in [0.4, 0.5) is 4.39 Å². The van der Waals surface area contributed by atoms with E-state index in [9.17, 15) is 17.6 Å². The topological polar surface area (TPSA) is 92.7 Å². The molecular formula is C11H14FNO5S. The van der Waals surface area contributed by atoms with Crippen LogP contribution in [0.5, 0.6) is 0 Å². The molecule has 1 aromatic rings. The number of hydrogen-bond donors (Lipinski definition) is 2. The van der Waals surface area contributed by atoms with Gasteiger partial charge in [0.15, 0.2) is 0 Å². The monoisotopic (exact) mass is 291 g/mol. The Morgan fingerprint density at radius 1 is 1.53 bits per heavy atom. The van der Waals surface area contributed by atoms with Gasteiger partial charge >= 0.3 is 5.97 Å². The first-order valence-corrected chi connectivity index (χ1v) is 6.81. The lowest BCUT2D eigenvalue weighted by Gasteiger charge is -2.12. The van der Waals surface area contributed by atoms with Crippen LogP contribution in [0, 0.1) is 5.82 Å². The number of methoxy groups -OCH3 is 1. The highest BCUT2D eigenvalue weighted by molar-refractivity contribution is 7.89. The van der Waals surface area contributed by atoms with Crippen LogP contribution < -0.4 is 4.72 Å². The molecule has 0 aliphatic carbocycles. The van der Waals surface area contributed by atoms with Gasteiger partial charge in [0.1, 0.15) is 10.7 Å². The van der Waals surface area contributed by atoms with Gasteiger partial charge in [-0.3, -0.25) is 0 Å². The highest BCUT2D eigenvalue weighted by atomic mass is 32.2. The third kappa shape index (κ3) is 3.98. The van der Waals surface area contributed by atoms with Gasteiger partial charge in [-0.05, 0) is 25.1 Å². The Morgan fingerprint density at radius 2 is 2.16 bits per heavy atom. The van der Waals surface area contributed by atoms with Crippen LogP contribution in [-0.2, 0) is 14.8 Å². The van der Waals surface area contributed by atoms with E-state index in [1.54, 1.807) is 6.92 Å². The highest BCUT2D eigenvalue weighted by Gasteiger charge is 2.21. The average molecular weight is 291 g/mol. The van der Waals surface area contributed by atoms with Gasteiger partial charge in [-0.1, -0.05) is 0 Å². The lowest BCUT2D eigenvalue weighted by Crippen LogP contribution is -2.32. The molecule has 0 heterocycles. The smallest absolute Gasteiger partial charge is 0.335 e. The fourth-order valence-electron chi connectivity index (χ4n) is 1.23. The Kier molecular flexibility index (Phi) is 4.98. The van der Waals surface area contributed by atoms with Crippen molar-refractivity contribution in [3.8, 4) is 0 Å². The lowest BCUT2D eigenvalue weighted by atomic mass is 10.2. The summed E-state index contributed by atoms with van der Waals surface area (Å²) >= 11 is 0. The van der Waals surface area contributed by atoms with Crippen molar-refractivity contribution in [2.45, 2.75) is 17.9 Å². The van der Waals surface area contributed by atoms with Gasteiger partial charge < -0.3 is 9.84 Å². The second-order valence-electron chi connectivity index (χ2n) is 3.85. The summed E-state index contributed by atoms with van der Waals surface area (Å²) in [7, 11) is -2.71. The van der Waals surface area contributed by atoms with E-state index in [4.69, 9.17) is 9.84 Å². The van der Waals surface area contributed by atoms with Crippen molar-refractivity contribution in [2.24, 2.45) is 0 Å². The maximum Gasteiger partial charge on any atom is 0.335 e. The maximum atomic E-state index is 13.5. The Balaban J connectivity index is 3.06. The molecule has 1 unspecified atom stereocenters. The van der Waals surface area contributed by atoms with E-state index in [0.717, 1.165) is 18.2 Å². The minimum atomic E-state index is -4.12. The quantitative estimate of drug-likeness (QED) is 0.810. The molecule has 0 amide bonds. The summed E-state index contributed by atoms with van der Waals surface area (Å²) in [6.07, 6.45) is -0.388. The minimum Gasteiger partial charge on any atom is -0.478 e. The van der Waals surface area contributed by atoms with Crippen molar-refractivity contribution in [1.29, 1.82) is 0 Å². The number of benzene rings is 1. The molecule has 0 saturated carbocycles. The minimum absolute atomic E-state index is 0.0461. The molecule has 106 valence electrons. The first kappa shape index (κ1) is 15.5. The molecule has 0 aliphatic rings. The predicted molar refractivity (Wildman–Crippen MR) is 65.0 cm³/mol. The van der Waals surface area contributed by atoms with Crippen LogP contribution in [0.3, 0.4) is 0 Å². The number of sulfonamides is 1. The summed E-state index contributed by atoms with van der Waals surface area (Å²) in [5, 5.41) is 8.76. The van der Waals surface area contributed by atoms with Gasteiger partial charge in [-0.2, -0.15) is 0 Å². The van der Waals surface area contributed by atoms with Crippen molar-refractivity contribution in [1.82, 2.24) is 4.72 Å². The lowest BCUT2D eigenvalue weighted by molar-refractivity contribution is 0.0696. The first-order valence-electron chi connectivity index (χ1n) is 5.33. The number of rotatable bonds is 6. The van der Waals surface area contributed by atoms with Gasteiger partial charge in [0.05, 0.1) is 11.7 Å². The number of hydrogen-bond acceptors (Lipinski definition) is 4. The second-order valence-corrected chi connectivity index (χ2v) is 5.58. The number of carboxylic acids is 1. The van der Waals surface area contributed by atoms with Crippen LogP contribution in [0.25, 0.3) is 0 Å². The number of carboxylic acid groups (broad SMARTS) is 1. The summed E-state index contributed by atoms with van der Waals surface area (Å²) < 4.78 is 44.2. The summed E-state index contributed by atoms with van der Waals surface area (Å²) in [5.74, 6) is -2.34. The largest absolute Gasteiger partial charge is 0.478 e. The zero-order chi connectivity index (χ0) is 14.6. The zero-order valence-electron chi connectivity index (χ0n) is 10.4. The molecule has 0 aromatic heterocycles. The van der Waals surface area contributed by atoms with E-state index in [2.05, 4.69) is 4.72 Å². The molecule has 0 radical (unpaired) electrons. The maximum absolute atomic E-state index is 13.5. The van der Waals surface area contributed by atoms with E-state index >= 15 is 0 Å². The molecule has 0 saturated heterocycles. The first-order chi connectivity index (χ1) is 8.77. The molecule has 0 fully saturated rings. The molecular weight excluding hydrogens is 277 g/mol. The Hall–Kier alpha value is -1.51. The van der Waals surface area contributed by atoms with Crippen molar-refractivity contribution in [3.05, 3.63) is 29.6 Å². The van der Waals surface area contributed by atoms with Gasteiger partial charge in [0.2, 0.25) is 10.0 Å². The highest BCUT2D eigenvalue weighted by Crippen LogP contribution is 2.16. The molecule has 1 rings (SSSR count).